The van der Waals surface area contributed by atoms with E-state index >= 15 is 0 Å². The summed E-state index contributed by atoms with van der Waals surface area (Å²) in [6.45, 7) is 6.55. The van der Waals surface area contributed by atoms with Gasteiger partial charge in [0, 0.05) is 25.7 Å². The van der Waals surface area contributed by atoms with Crippen molar-refractivity contribution in [3.05, 3.63) is 23.8 Å². The SMILES string of the molecule is CCOc1cc(C(C(=O)O)N2CCN(C)C(C)C2)ccc1O. The third-order valence-corrected chi connectivity index (χ3v) is 4.19. The second-order valence-electron chi connectivity index (χ2n) is 5.73. The Balaban J connectivity index is 2.28. The van der Waals surface area contributed by atoms with Gasteiger partial charge in [-0.3, -0.25) is 9.69 Å². The van der Waals surface area contributed by atoms with Gasteiger partial charge >= 0.3 is 5.97 Å². The number of aliphatic carboxylic acids is 1. The molecule has 1 aliphatic rings. The zero-order valence-electron chi connectivity index (χ0n) is 13.3. The van der Waals surface area contributed by atoms with Gasteiger partial charge < -0.3 is 19.8 Å². The lowest BCUT2D eigenvalue weighted by Crippen LogP contribution is -2.52. The summed E-state index contributed by atoms with van der Waals surface area (Å²) in [5.41, 5.74) is 0.630. The third kappa shape index (κ3) is 3.51. The predicted octanol–water partition coefficient (Wildman–Crippen LogP) is 1.55. The van der Waals surface area contributed by atoms with Crippen LogP contribution in [-0.4, -0.2) is 65.3 Å². The Labute approximate surface area is 130 Å². The maximum Gasteiger partial charge on any atom is 0.325 e. The zero-order chi connectivity index (χ0) is 16.3. The number of carboxylic acid groups (broad SMARTS) is 1. The van der Waals surface area contributed by atoms with Crippen LogP contribution in [0.15, 0.2) is 18.2 Å². The molecule has 0 radical (unpaired) electrons. The number of piperazine rings is 1. The van der Waals surface area contributed by atoms with Crippen LogP contribution in [0.4, 0.5) is 0 Å². The molecule has 1 aliphatic heterocycles. The highest BCUT2D eigenvalue weighted by Gasteiger charge is 2.32. The summed E-state index contributed by atoms with van der Waals surface area (Å²) in [5.74, 6) is -0.528. The fraction of sp³-hybridized carbons (Fsp3) is 0.562. The molecule has 0 saturated carbocycles. The van der Waals surface area contributed by atoms with Gasteiger partial charge in [-0.2, -0.15) is 0 Å². The van der Waals surface area contributed by atoms with Crippen molar-refractivity contribution in [2.75, 3.05) is 33.3 Å². The molecule has 1 aromatic carbocycles. The number of aromatic hydroxyl groups is 1. The lowest BCUT2D eigenvalue weighted by molar-refractivity contribution is -0.144. The van der Waals surface area contributed by atoms with Crippen LogP contribution in [-0.2, 0) is 4.79 Å². The molecule has 1 heterocycles. The molecule has 0 aromatic heterocycles. The number of phenols is 1. The van der Waals surface area contributed by atoms with Gasteiger partial charge in [-0.1, -0.05) is 6.07 Å². The van der Waals surface area contributed by atoms with Crippen LogP contribution >= 0.6 is 0 Å². The quantitative estimate of drug-likeness (QED) is 0.860. The molecular formula is C16H24N2O4. The number of nitrogens with zero attached hydrogens (tertiary/aromatic N) is 2. The van der Waals surface area contributed by atoms with E-state index in [0.717, 1.165) is 6.54 Å². The van der Waals surface area contributed by atoms with Gasteiger partial charge in [0.1, 0.15) is 6.04 Å². The van der Waals surface area contributed by atoms with Crippen LogP contribution in [0, 0.1) is 0 Å². The molecule has 122 valence electrons. The molecule has 22 heavy (non-hydrogen) atoms. The van der Waals surface area contributed by atoms with Gasteiger partial charge in [-0.25, -0.2) is 0 Å². The predicted molar refractivity (Wildman–Crippen MR) is 83.3 cm³/mol. The lowest BCUT2D eigenvalue weighted by Gasteiger charge is -2.40. The van der Waals surface area contributed by atoms with E-state index in [0.29, 0.717) is 37.1 Å². The highest BCUT2D eigenvalue weighted by Crippen LogP contribution is 2.32. The molecule has 1 fully saturated rings. The number of ether oxygens (including phenoxy) is 1. The first-order valence-electron chi connectivity index (χ1n) is 7.56. The Morgan fingerprint density at radius 2 is 2.18 bits per heavy atom. The fourth-order valence-corrected chi connectivity index (χ4v) is 2.79. The van der Waals surface area contributed by atoms with Gasteiger partial charge in [0.15, 0.2) is 11.5 Å². The van der Waals surface area contributed by atoms with Gasteiger partial charge in [-0.05, 0) is 38.6 Å². The van der Waals surface area contributed by atoms with Gasteiger partial charge in [0.2, 0.25) is 0 Å². The average molecular weight is 308 g/mol. The van der Waals surface area contributed by atoms with Crippen molar-refractivity contribution in [3.63, 3.8) is 0 Å². The summed E-state index contributed by atoms with van der Waals surface area (Å²) in [5, 5.41) is 19.4. The second kappa shape index (κ2) is 6.98. The van der Waals surface area contributed by atoms with E-state index in [1.165, 1.54) is 6.07 Å². The first-order chi connectivity index (χ1) is 10.4. The Morgan fingerprint density at radius 1 is 1.45 bits per heavy atom. The van der Waals surface area contributed by atoms with Crippen molar-refractivity contribution in [1.29, 1.82) is 0 Å². The van der Waals surface area contributed by atoms with Crippen LogP contribution in [0.25, 0.3) is 0 Å². The minimum absolute atomic E-state index is 0.0292. The molecule has 0 spiro atoms. The molecule has 6 nitrogen and oxygen atoms in total. The minimum Gasteiger partial charge on any atom is -0.504 e. The van der Waals surface area contributed by atoms with Gasteiger partial charge in [0.25, 0.3) is 0 Å². The highest BCUT2D eigenvalue weighted by molar-refractivity contribution is 5.76. The molecule has 0 aliphatic carbocycles. The number of likely N-dealkylation sites (N-methyl/N-ethyl adjacent to an activating group) is 1. The summed E-state index contributed by atoms with van der Waals surface area (Å²) in [6, 6.07) is 4.35. The average Bonchev–Trinajstić information content (AvgIpc) is 2.46. The number of phenolic OH excluding ortho intramolecular Hbond substituents is 1. The summed E-state index contributed by atoms with van der Waals surface area (Å²) in [7, 11) is 2.05. The summed E-state index contributed by atoms with van der Waals surface area (Å²) in [6.07, 6.45) is 0. The van der Waals surface area contributed by atoms with Crippen LogP contribution < -0.4 is 4.74 Å². The molecule has 2 unspecified atom stereocenters. The molecule has 1 aromatic rings. The van der Waals surface area contributed by atoms with Crippen LogP contribution in [0.3, 0.4) is 0 Å². The molecule has 6 heteroatoms. The second-order valence-corrected chi connectivity index (χ2v) is 5.73. The molecular weight excluding hydrogens is 284 g/mol. The molecule has 1 saturated heterocycles. The molecule has 2 rings (SSSR count). The number of hydrogen-bond acceptors (Lipinski definition) is 5. The number of hydrogen-bond donors (Lipinski definition) is 2. The van der Waals surface area contributed by atoms with Crippen molar-refractivity contribution in [3.8, 4) is 11.5 Å². The van der Waals surface area contributed by atoms with Crippen LogP contribution in [0.1, 0.15) is 25.5 Å². The molecule has 0 bridgehead atoms. The van der Waals surface area contributed by atoms with Gasteiger partial charge in [0.05, 0.1) is 6.61 Å². The number of benzene rings is 1. The first-order valence-corrected chi connectivity index (χ1v) is 7.56. The normalized spacial score (nSPS) is 21.5. The van der Waals surface area contributed by atoms with Crippen LogP contribution in [0.2, 0.25) is 0 Å². The maximum atomic E-state index is 11.8. The Morgan fingerprint density at radius 3 is 2.77 bits per heavy atom. The highest BCUT2D eigenvalue weighted by atomic mass is 16.5. The fourth-order valence-electron chi connectivity index (χ4n) is 2.79. The van der Waals surface area contributed by atoms with Gasteiger partial charge in [-0.15, -0.1) is 0 Å². The lowest BCUT2D eigenvalue weighted by atomic mass is 10.0. The standard InChI is InChI=1S/C16H24N2O4/c1-4-22-14-9-12(5-6-13(14)19)15(16(20)21)18-8-7-17(3)11(2)10-18/h5-6,9,11,15,19H,4,7-8,10H2,1-3H3,(H,20,21). The first kappa shape index (κ1) is 16.6. The van der Waals surface area contributed by atoms with E-state index in [-0.39, 0.29) is 5.75 Å². The number of rotatable bonds is 5. The van der Waals surface area contributed by atoms with Crippen molar-refractivity contribution < 1.29 is 19.7 Å². The smallest absolute Gasteiger partial charge is 0.325 e. The van der Waals surface area contributed by atoms with E-state index in [1.807, 2.05) is 18.9 Å². The Hall–Kier alpha value is -1.79. The maximum absolute atomic E-state index is 11.8. The van der Waals surface area contributed by atoms with Crippen molar-refractivity contribution >= 4 is 5.97 Å². The summed E-state index contributed by atoms with van der Waals surface area (Å²) >= 11 is 0. The van der Waals surface area contributed by atoms with E-state index in [1.54, 1.807) is 12.1 Å². The third-order valence-electron chi connectivity index (χ3n) is 4.19. The number of carbonyl (C=O) groups is 1. The topological polar surface area (TPSA) is 73.2 Å². The van der Waals surface area contributed by atoms with Crippen molar-refractivity contribution in [1.82, 2.24) is 9.80 Å². The van der Waals surface area contributed by atoms with Crippen LogP contribution in [0.5, 0.6) is 11.5 Å². The molecule has 2 N–H and O–H groups in total. The summed E-state index contributed by atoms with van der Waals surface area (Å²) < 4.78 is 5.36. The molecule has 2 atom stereocenters. The Bertz CT molecular complexity index is 535. The number of carboxylic acids is 1. The van der Waals surface area contributed by atoms with Crippen molar-refractivity contribution in [2.45, 2.75) is 25.9 Å². The van der Waals surface area contributed by atoms with E-state index in [9.17, 15) is 15.0 Å². The monoisotopic (exact) mass is 308 g/mol. The largest absolute Gasteiger partial charge is 0.504 e. The molecule has 0 amide bonds. The summed E-state index contributed by atoms with van der Waals surface area (Å²) in [4.78, 5) is 16.0. The van der Waals surface area contributed by atoms with E-state index < -0.39 is 12.0 Å². The Kier molecular flexibility index (Phi) is 5.26. The van der Waals surface area contributed by atoms with E-state index in [2.05, 4.69) is 11.8 Å². The zero-order valence-corrected chi connectivity index (χ0v) is 13.3. The minimum atomic E-state index is -0.884. The van der Waals surface area contributed by atoms with E-state index in [4.69, 9.17) is 4.74 Å². The van der Waals surface area contributed by atoms with Crippen molar-refractivity contribution in [2.24, 2.45) is 0 Å².